The third kappa shape index (κ3) is 5.22. The number of benzene rings is 2. The molecule has 2 rings (SSSR count). The van der Waals surface area contributed by atoms with Crippen molar-refractivity contribution in [1.29, 1.82) is 5.26 Å². The van der Waals surface area contributed by atoms with Crippen molar-refractivity contribution >= 4 is 22.4 Å². The first-order valence-electron chi connectivity index (χ1n) is 6.40. The van der Waals surface area contributed by atoms with Crippen molar-refractivity contribution in [2.24, 2.45) is 0 Å². The number of halogens is 1. The molecular formula is C16H14ClNO2S. The normalized spacial score (nSPS) is 11.6. The molecule has 0 heterocycles. The van der Waals surface area contributed by atoms with E-state index >= 15 is 0 Å². The molecule has 108 valence electrons. The van der Waals surface area contributed by atoms with Crippen LogP contribution in [-0.2, 0) is 16.6 Å². The molecule has 1 atom stereocenters. The molecule has 2 aromatic rings. The van der Waals surface area contributed by atoms with Crippen molar-refractivity contribution in [2.45, 2.75) is 5.75 Å². The summed E-state index contributed by atoms with van der Waals surface area (Å²) < 4.78 is 17.5. The van der Waals surface area contributed by atoms with Gasteiger partial charge in [0.15, 0.2) is 0 Å². The van der Waals surface area contributed by atoms with Gasteiger partial charge < -0.3 is 4.74 Å². The molecule has 0 fully saturated rings. The van der Waals surface area contributed by atoms with Gasteiger partial charge in [0.25, 0.3) is 0 Å². The highest BCUT2D eigenvalue weighted by atomic mass is 35.5. The molecule has 0 saturated carbocycles. The SMILES string of the molecule is N#Cc1ccc(OCCS(=O)Cc2ccc(Cl)cc2)cc1. The lowest BCUT2D eigenvalue weighted by atomic mass is 10.2. The van der Waals surface area contributed by atoms with Crippen molar-refractivity contribution in [1.82, 2.24) is 0 Å². The molecule has 5 heteroatoms. The van der Waals surface area contributed by atoms with Gasteiger partial charge in [-0.2, -0.15) is 5.26 Å². The Balaban J connectivity index is 1.76. The van der Waals surface area contributed by atoms with Gasteiger partial charge in [0.05, 0.1) is 24.0 Å². The second-order valence-corrected chi connectivity index (χ2v) is 6.41. The Morgan fingerprint density at radius 2 is 1.76 bits per heavy atom. The van der Waals surface area contributed by atoms with Crippen molar-refractivity contribution in [2.75, 3.05) is 12.4 Å². The van der Waals surface area contributed by atoms with Crippen LogP contribution in [0.2, 0.25) is 5.02 Å². The average molecular weight is 320 g/mol. The fourth-order valence-corrected chi connectivity index (χ4v) is 2.82. The van der Waals surface area contributed by atoms with Crippen LogP contribution < -0.4 is 4.74 Å². The first-order chi connectivity index (χ1) is 10.2. The largest absolute Gasteiger partial charge is 0.493 e. The van der Waals surface area contributed by atoms with Gasteiger partial charge in [-0.25, -0.2) is 0 Å². The molecule has 0 saturated heterocycles. The molecule has 0 spiro atoms. The van der Waals surface area contributed by atoms with E-state index in [2.05, 4.69) is 0 Å². The zero-order chi connectivity index (χ0) is 15.1. The summed E-state index contributed by atoms with van der Waals surface area (Å²) in [6.07, 6.45) is 0. The minimum Gasteiger partial charge on any atom is -0.493 e. The topological polar surface area (TPSA) is 50.1 Å². The molecule has 0 aliphatic heterocycles. The van der Waals surface area contributed by atoms with Crippen LogP contribution in [0.3, 0.4) is 0 Å². The molecular weight excluding hydrogens is 306 g/mol. The summed E-state index contributed by atoms with van der Waals surface area (Å²) in [5, 5.41) is 9.37. The first-order valence-corrected chi connectivity index (χ1v) is 8.26. The predicted octanol–water partition coefficient (Wildman–Crippen LogP) is 3.54. The van der Waals surface area contributed by atoms with Crippen LogP contribution in [0.15, 0.2) is 48.5 Å². The van der Waals surface area contributed by atoms with E-state index in [0.717, 1.165) is 5.56 Å². The molecule has 2 aromatic carbocycles. The van der Waals surface area contributed by atoms with Crippen molar-refractivity contribution < 1.29 is 8.95 Å². The second kappa shape index (κ2) is 7.82. The van der Waals surface area contributed by atoms with E-state index in [9.17, 15) is 4.21 Å². The van der Waals surface area contributed by atoms with Crippen LogP contribution >= 0.6 is 11.6 Å². The van der Waals surface area contributed by atoms with Gasteiger partial charge in [-0.05, 0) is 42.0 Å². The van der Waals surface area contributed by atoms with Crippen molar-refractivity contribution in [3.8, 4) is 11.8 Å². The molecule has 0 aromatic heterocycles. The van der Waals surface area contributed by atoms with Crippen molar-refractivity contribution in [3.05, 3.63) is 64.7 Å². The molecule has 21 heavy (non-hydrogen) atoms. The van der Waals surface area contributed by atoms with E-state index in [1.165, 1.54) is 0 Å². The zero-order valence-electron chi connectivity index (χ0n) is 11.3. The van der Waals surface area contributed by atoms with Gasteiger partial charge in [-0.3, -0.25) is 4.21 Å². The Morgan fingerprint density at radius 3 is 2.38 bits per heavy atom. The van der Waals surface area contributed by atoms with E-state index in [1.54, 1.807) is 36.4 Å². The van der Waals surface area contributed by atoms with Crippen LogP contribution in [0.4, 0.5) is 0 Å². The molecule has 0 aliphatic carbocycles. The number of ether oxygens (including phenoxy) is 1. The Morgan fingerprint density at radius 1 is 1.10 bits per heavy atom. The summed E-state index contributed by atoms with van der Waals surface area (Å²) in [7, 11) is -0.978. The molecule has 0 amide bonds. The monoisotopic (exact) mass is 319 g/mol. The maximum Gasteiger partial charge on any atom is 0.119 e. The summed E-state index contributed by atoms with van der Waals surface area (Å²) in [6, 6.07) is 16.2. The highest BCUT2D eigenvalue weighted by Gasteiger charge is 2.03. The van der Waals surface area contributed by atoms with E-state index < -0.39 is 10.8 Å². The van der Waals surface area contributed by atoms with Crippen LogP contribution in [0.25, 0.3) is 0 Å². The maximum atomic E-state index is 11.9. The van der Waals surface area contributed by atoms with Gasteiger partial charge >= 0.3 is 0 Å². The van der Waals surface area contributed by atoms with E-state index in [1.807, 2.05) is 18.2 Å². The highest BCUT2D eigenvalue weighted by Crippen LogP contribution is 2.13. The van der Waals surface area contributed by atoms with Gasteiger partial charge in [-0.1, -0.05) is 23.7 Å². The molecule has 0 aliphatic rings. The van der Waals surface area contributed by atoms with Gasteiger partial charge in [0, 0.05) is 21.6 Å². The highest BCUT2D eigenvalue weighted by molar-refractivity contribution is 7.84. The third-order valence-electron chi connectivity index (χ3n) is 2.80. The van der Waals surface area contributed by atoms with Crippen LogP contribution in [-0.4, -0.2) is 16.6 Å². The number of nitrogens with zero attached hydrogens (tertiary/aromatic N) is 1. The van der Waals surface area contributed by atoms with Crippen LogP contribution in [0, 0.1) is 11.3 Å². The summed E-state index contributed by atoms with van der Waals surface area (Å²) in [5.74, 6) is 1.63. The Bertz CT molecular complexity index is 647. The summed E-state index contributed by atoms with van der Waals surface area (Å²) >= 11 is 5.81. The minimum atomic E-state index is -0.978. The van der Waals surface area contributed by atoms with Gasteiger partial charge in [0.1, 0.15) is 5.75 Å². The summed E-state index contributed by atoms with van der Waals surface area (Å²) in [4.78, 5) is 0. The summed E-state index contributed by atoms with van der Waals surface area (Å²) in [6.45, 7) is 0.381. The molecule has 3 nitrogen and oxygen atoms in total. The lowest BCUT2D eigenvalue weighted by Gasteiger charge is -2.06. The number of hydrogen-bond donors (Lipinski definition) is 0. The molecule has 1 unspecified atom stereocenters. The van der Waals surface area contributed by atoms with Gasteiger partial charge in [-0.15, -0.1) is 0 Å². The zero-order valence-corrected chi connectivity index (χ0v) is 12.9. The van der Waals surface area contributed by atoms with Crippen molar-refractivity contribution in [3.63, 3.8) is 0 Å². The first kappa shape index (κ1) is 15.6. The van der Waals surface area contributed by atoms with E-state index in [-0.39, 0.29) is 0 Å². The van der Waals surface area contributed by atoms with Crippen LogP contribution in [0.1, 0.15) is 11.1 Å². The van der Waals surface area contributed by atoms with Gasteiger partial charge in [0.2, 0.25) is 0 Å². The lowest BCUT2D eigenvalue weighted by Crippen LogP contribution is -2.10. The quantitative estimate of drug-likeness (QED) is 0.818. The third-order valence-corrected chi connectivity index (χ3v) is 4.33. The molecule has 0 bridgehead atoms. The predicted molar refractivity (Wildman–Crippen MR) is 84.8 cm³/mol. The van der Waals surface area contributed by atoms with Crippen LogP contribution in [0.5, 0.6) is 5.75 Å². The fourth-order valence-electron chi connectivity index (χ4n) is 1.72. The average Bonchev–Trinajstić information content (AvgIpc) is 2.50. The van der Waals surface area contributed by atoms with E-state index in [4.69, 9.17) is 21.6 Å². The smallest absolute Gasteiger partial charge is 0.119 e. The fraction of sp³-hybridized carbons (Fsp3) is 0.188. The minimum absolute atomic E-state index is 0.381. The van der Waals surface area contributed by atoms with E-state index in [0.29, 0.717) is 34.4 Å². The molecule has 0 radical (unpaired) electrons. The standard InChI is InChI=1S/C16H14ClNO2S/c17-15-5-1-14(2-6-15)12-21(19)10-9-20-16-7-3-13(11-18)4-8-16/h1-8H,9-10,12H2. The lowest BCUT2D eigenvalue weighted by molar-refractivity contribution is 0.342. The second-order valence-electron chi connectivity index (χ2n) is 4.40. The Hall–Kier alpha value is -1.83. The maximum absolute atomic E-state index is 11.9. The molecule has 0 N–H and O–H groups in total. The number of rotatable bonds is 6. The number of nitriles is 1. The summed E-state index contributed by atoms with van der Waals surface area (Å²) in [5.41, 5.74) is 1.59. The Labute approximate surface area is 131 Å². The number of hydrogen-bond acceptors (Lipinski definition) is 3. The Kier molecular flexibility index (Phi) is 5.79.